The number of thiophene rings is 1. The molecule has 24 heavy (non-hydrogen) atoms. The summed E-state index contributed by atoms with van der Waals surface area (Å²) >= 11 is 1.30. The lowest BCUT2D eigenvalue weighted by Crippen LogP contribution is -2.54. The quantitative estimate of drug-likeness (QED) is 0.824. The van der Waals surface area contributed by atoms with Crippen molar-refractivity contribution in [3.05, 3.63) is 46.4 Å². The minimum absolute atomic E-state index is 0.220. The fourth-order valence-corrected chi connectivity index (χ4v) is 2.76. The van der Waals surface area contributed by atoms with Crippen LogP contribution in [0.5, 0.6) is 0 Å². The van der Waals surface area contributed by atoms with Crippen LogP contribution < -0.4 is 10.5 Å². The summed E-state index contributed by atoms with van der Waals surface area (Å²) in [5, 5.41) is 13.0. The Bertz CT molecular complexity index is 744. The first-order valence-electron chi connectivity index (χ1n) is 7.24. The van der Waals surface area contributed by atoms with Gasteiger partial charge in [-0.15, -0.1) is 11.3 Å². The molecule has 0 aromatic carbocycles. The van der Waals surface area contributed by atoms with Crippen molar-refractivity contribution in [2.24, 2.45) is 0 Å². The van der Waals surface area contributed by atoms with Gasteiger partial charge in [0, 0.05) is 11.7 Å². The van der Waals surface area contributed by atoms with E-state index in [0.29, 0.717) is 10.6 Å². The van der Waals surface area contributed by atoms with Crippen LogP contribution in [0.15, 0.2) is 35.8 Å². The van der Waals surface area contributed by atoms with Crippen LogP contribution in [0.1, 0.15) is 36.1 Å². The number of carbonyl (C=O) groups is 3. The van der Waals surface area contributed by atoms with Crippen LogP contribution in [-0.4, -0.2) is 39.4 Å². The van der Waals surface area contributed by atoms with Gasteiger partial charge in [-0.25, -0.2) is 0 Å². The van der Waals surface area contributed by atoms with Gasteiger partial charge in [0.1, 0.15) is 18.3 Å². The van der Waals surface area contributed by atoms with Gasteiger partial charge in [0.05, 0.1) is 4.88 Å². The summed E-state index contributed by atoms with van der Waals surface area (Å²) in [4.78, 5) is 37.2. The topological polar surface area (TPSA) is 94.5 Å². The van der Waals surface area contributed by atoms with Crippen LogP contribution in [-0.2, 0) is 4.79 Å². The van der Waals surface area contributed by atoms with Gasteiger partial charge in [0.2, 0.25) is 5.78 Å². The number of rotatable bonds is 5. The van der Waals surface area contributed by atoms with Crippen LogP contribution >= 0.6 is 11.3 Å². The van der Waals surface area contributed by atoms with E-state index in [4.69, 9.17) is 0 Å². The Morgan fingerprint density at radius 2 is 1.96 bits per heavy atom. The van der Waals surface area contributed by atoms with Crippen molar-refractivity contribution in [3.63, 3.8) is 0 Å². The fourth-order valence-electron chi connectivity index (χ4n) is 2.09. The molecule has 0 saturated heterocycles. The van der Waals surface area contributed by atoms with Crippen LogP contribution in [0, 0.1) is 0 Å². The number of aromatic nitrogens is 1. The third-order valence-corrected chi connectivity index (χ3v) is 4.17. The molecule has 2 amide bonds. The highest BCUT2D eigenvalue weighted by atomic mass is 32.1. The molecule has 0 bridgehead atoms. The summed E-state index contributed by atoms with van der Waals surface area (Å²) in [5.74, 6) is -0.784. The minimum Gasteiger partial charge on any atom is -0.530 e. The first kappa shape index (κ1) is 17.7. The maximum Gasteiger partial charge on any atom is 0.258 e. The molecule has 2 aromatic heterocycles. The lowest BCUT2D eigenvalue weighted by atomic mass is 10.1. The molecule has 2 rings (SSSR count). The Morgan fingerprint density at radius 3 is 2.50 bits per heavy atom. The molecule has 0 spiro atoms. The lowest BCUT2D eigenvalue weighted by Gasteiger charge is -2.37. The maximum atomic E-state index is 12.4. The molecule has 0 aliphatic carbocycles. The van der Waals surface area contributed by atoms with Gasteiger partial charge in [-0.1, -0.05) is 6.07 Å². The Labute approximate surface area is 143 Å². The molecular formula is C16H18N3O4S-. The number of nitrogens with zero attached hydrogens (tertiary/aromatic N) is 2. The first-order valence-corrected chi connectivity index (χ1v) is 8.12. The summed E-state index contributed by atoms with van der Waals surface area (Å²) in [6.07, 6.45) is 0.0965. The normalized spacial score (nSPS) is 11.1. The lowest BCUT2D eigenvalue weighted by molar-refractivity contribution is -0.270. The van der Waals surface area contributed by atoms with Gasteiger partial charge in [0.15, 0.2) is 0 Å². The Kier molecular flexibility index (Phi) is 5.08. The van der Waals surface area contributed by atoms with Crippen molar-refractivity contribution >= 4 is 29.1 Å². The van der Waals surface area contributed by atoms with E-state index in [1.807, 2.05) is 0 Å². The summed E-state index contributed by atoms with van der Waals surface area (Å²) in [5.41, 5.74) is 2.04. The monoisotopic (exact) mass is 348 g/mol. The van der Waals surface area contributed by atoms with E-state index in [1.54, 1.807) is 50.4 Å². The number of hydrogen-bond acceptors (Lipinski definition) is 5. The zero-order valence-corrected chi connectivity index (χ0v) is 14.4. The number of amides is 2. The number of hydrogen-bond donors (Lipinski definition) is 1. The van der Waals surface area contributed by atoms with E-state index in [0.717, 1.165) is 4.90 Å². The van der Waals surface area contributed by atoms with E-state index in [1.165, 1.54) is 22.2 Å². The predicted molar refractivity (Wildman–Crippen MR) is 88.4 cm³/mol. The maximum absolute atomic E-state index is 12.4. The van der Waals surface area contributed by atoms with Gasteiger partial charge in [-0.3, -0.25) is 19.7 Å². The molecule has 128 valence electrons. The van der Waals surface area contributed by atoms with Crippen LogP contribution in [0.2, 0.25) is 0 Å². The van der Waals surface area contributed by atoms with Gasteiger partial charge < -0.3 is 14.8 Å². The van der Waals surface area contributed by atoms with Gasteiger partial charge >= 0.3 is 0 Å². The van der Waals surface area contributed by atoms with Crippen LogP contribution in [0.25, 0.3) is 0 Å². The minimum atomic E-state index is -1.43. The van der Waals surface area contributed by atoms with Gasteiger partial charge in [-0.2, -0.15) is 0 Å². The second kappa shape index (κ2) is 6.88. The average Bonchev–Trinajstić information content (AvgIpc) is 3.13. The van der Waals surface area contributed by atoms with Crippen LogP contribution in [0.3, 0.4) is 0 Å². The van der Waals surface area contributed by atoms with Gasteiger partial charge in [0.25, 0.3) is 5.91 Å². The highest BCUT2D eigenvalue weighted by molar-refractivity contribution is 7.12. The first-order chi connectivity index (χ1) is 11.2. The molecule has 0 radical (unpaired) electrons. The number of nitrogens with one attached hydrogen (secondary N) is 1. The van der Waals surface area contributed by atoms with E-state index >= 15 is 0 Å². The highest BCUT2D eigenvalue weighted by Gasteiger charge is 2.24. The van der Waals surface area contributed by atoms with Crippen molar-refractivity contribution in [2.75, 3.05) is 12.0 Å². The predicted octanol–water partition coefficient (Wildman–Crippen LogP) is 1.29. The van der Waals surface area contributed by atoms with Crippen molar-refractivity contribution in [2.45, 2.75) is 26.3 Å². The summed E-state index contributed by atoms with van der Waals surface area (Å²) in [6, 6.07) is 6.68. The second-order valence-electron chi connectivity index (χ2n) is 6.13. The molecule has 2 aromatic rings. The van der Waals surface area contributed by atoms with Crippen molar-refractivity contribution < 1.29 is 19.5 Å². The Hall–Kier alpha value is -2.61. The Balaban J connectivity index is 2.12. The fraction of sp³-hybridized carbons (Fsp3) is 0.312. The molecule has 0 aliphatic heterocycles. The Morgan fingerprint density at radius 1 is 1.25 bits per heavy atom. The van der Waals surface area contributed by atoms with Crippen molar-refractivity contribution in [1.29, 1.82) is 0 Å². The molecule has 0 unspecified atom stereocenters. The molecular weight excluding hydrogens is 330 g/mol. The van der Waals surface area contributed by atoms with Crippen LogP contribution in [0.4, 0.5) is 4.79 Å². The molecule has 0 aliphatic rings. The SMILES string of the molecule is CC(C)(C)N(CC(=O)Nn1cccc1C(=O)c1cccs1)C(=O)[O-]. The van der Waals surface area contributed by atoms with E-state index in [2.05, 4.69) is 5.43 Å². The van der Waals surface area contributed by atoms with E-state index < -0.39 is 24.1 Å². The number of carboxylic acid groups (broad SMARTS) is 1. The molecule has 2 heterocycles. The molecule has 8 heteroatoms. The third kappa shape index (κ3) is 4.02. The van der Waals surface area contributed by atoms with E-state index in [-0.39, 0.29) is 5.78 Å². The zero-order valence-electron chi connectivity index (χ0n) is 13.6. The van der Waals surface area contributed by atoms with E-state index in [9.17, 15) is 19.5 Å². The van der Waals surface area contributed by atoms with Crippen molar-refractivity contribution in [3.8, 4) is 0 Å². The zero-order chi connectivity index (χ0) is 17.9. The molecule has 1 N–H and O–H groups in total. The molecule has 0 saturated carbocycles. The summed E-state index contributed by atoms with van der Waals surface area (Å²) < 4.78 is 1.29. The average molecular weight is 348 g/mol. The largest absolute Gasteiger partial charge is 0.530 e. The molecule has 0 fully saturated rings. The highest BCUT2D eigenvalue weighted by Crippen LogP contribution is 2.15. The third-order valence-electron chi connectivity index (χ3n) is 3.30. The number of carbonyl (C=O) groups excluding carboxylic acids is 3. The smallest absolute Gasteiger partial charge is 0.258 e. The molecule has 0 atom stereocenters. The standard InChI is InChI=1S/C16H19N3O4S/c1-16(2,3)18(15(22)23)10-13(20)17-19-8-4-6-11(19)14(21)12-7-5-9-24-12/h4-9H,10H2,1-3H3,(H,17,20)(H,22,23)/p-1. The second-order valence-corrected chi connectivity index (χ2v) is 7.08. The van der Waals surface area contributed by atoms with Gasteiger partial charge in [-0.05, 0) is 44.4 Å². The summed E-state index contributed by atoms with van der Waals surface area (Å²) in [6.45, 7) is 4.60. The summed E-state index contributed by atoms with van der Waals surface area (Å²) in [7, 11) is 0. The van der Waals surface area contributed by atoms with Crippen molar-refractivity contribution in [1.82, 2.24) is 9.58 Å². The number of ketones is 1. The molecule has 7 nitrogen and oxygen atoms in total.